The van der Waals surface area contributed by atoms with Gasteiger partial charge in [-0.1, -0.05) is 18.2 Å². The number of amides is 1. The highest BCUT2D eigenvalue weighted by atomic mass is 35.5. The predicted octanol–water partition coefficient (Wildman–Crippen LogP) is 3.26. The number of rotatable bonds is 4. The molecule has 4 rings (SSSR count). The molecule has 1 atom stereocenters. The van der Waals surface area contributed by atoms with E-state index >= 15 is 0 Å². The van der Waals surface area contributed by atoms with Crippen LogP contribution in [0.5, 0.6) is 0 Å². The van der Waals surface area contributed by atoms with E-state index in [0.29, 0.717) is 6.54 Å². The summed E-state index contributed by atoms with van der Waals surface area (Å²) in [4.78, 5) is 19.0. The fraction of sp³-hybridized carbons (Fsp3) is 0.500. The second kappa shape index (κ2) is 6.83. The minimum atomic E-state index is 0.0217. The van der Waals surface area contributed by atoms with Crippen LogP contribution in [0.15, 0.2) is 24.4 Å². The van der Waals surface area contributed by atoms with Crippen LogP contribution in [0.4, 0.5) is 0 Å². The van der Waals surface area contributed by atoms with Gasteiger partial charge in [0.05, 0.1) is 6.04 Å². The van der Waals surface area contributed by atoms with Crippen molar-refractivity contribution in [2.24, 2.45) is 0 Å². The van der Waals surface area contributed by atoms with Gasteiger partial charge in [-0.05, 0) is 49.3 Å². The molecule has 0 radical (unpaired) electrons. The number of carbonyl (C=O) groups excluding carboxylic acids is 1. The normalized spacial score (nSPS) is 18.7. The van der Waals surface area contributed by atoms with Crippen molar-refractivity contribution in [3.63, 3.8) is 0 Å². The monoisotopic (exact) mass is 357 g/mol. The summed E-state index contributed by atoms with van der Waals surface area (Å²) in [6.45, 7) is 3.54. The third-order valence-corrected chi connectivity index (χ3v) is 5.85. The van der Waals surface area contributed by atoms with Crippen LogP contribution in [-0.4, -0.2) is 32.3 Å². The van der Waals surface area contributed by atoms with Gasteiger partial charge < -0.3 is 9.47 Å². The van der Waals surface area contributed by atoms with Gasteiger partial charge in [0.2, 0.25) is 5.91 Å². The number of imidazole rings is 1. The lowest BCUT2D eigenvalue weighted by atomic mass is 10.0. The Balaban J connectivity index is 1.57. The molecule has 1 aromatic heterocycles. The van der Waals surface area contributed by atoms with E-state index in [0.717, 1.165) is 37.3 Å². The third kappa shape index (κ3) is 3.20. The van der Waals surface area contributed by atoms with Crippen LogP contribution in [0.2, 0.25) is 0 Å². The van der Waals surface area contributed by atoms with Crippen molar-refractivity contribution in [3.05, 3.63) is 52.6 Å². The van der Waals surface area contributed by atoms with E-state index in [1.54, 1.807) is 0 Å². The zero-order valence-corrected chi connectivity index (χ0v) is 15.4. The number of hydrogen-bond donors (Lipinski definition) is 0. The van der Waals surface area contributed by atoms with Crippen molar-refractivity contribution in [2.45, 2.75) is 58.2 Å². The highest BCUT2D eigenvalue weighted by Gasteiger charge is 2.28. The lowest BCUT2D eigenvalue weighted by Gasteiger charge is -2.35. The Labute approximate surface area is 153 Å². The summed E-state index contributed by atoms with van der Waals surface area (Å²) in [6, 6.07) is 6.88. The largest absolute Gasteiger partial charge is 0.333 e. The predicted molar refractivity (Wildman–Crippen MR) is 98.8 cm³/mol. The number of aromatic nitrogens is 2. The number of benzene rings is 1. The van der Waals surface area contributed by atoms with Crippen molar-refractivity contribution >= 4 is 17.5 Å². The molecule has 1 aliphatic carbocycles. The van der Waals surface area contributed by atoms with E-state index in [4.69, 9.17) is 11.6 Å². The summed E-state index contributed by atoms with van der Waals surface area (Å²) in [5.41, 5.74) is 5.30. The summed E-state index contributed by atoms with van der Waals surface area (Å²) in [5, 5.41) is 0. The van der Waals surface area contributed by atoms with Gasteiger partial charge >= 0.3 is 0 Å². The van der Waals surface area contributed by atoms with E-state index in [2.05, 4.69) is 34.7 Å². The molecule has 0 bridgehead atoms. The Morgan fingerprint density at radius 1 is 1.32 bits per heavy atom. The number of nitrogens with zero attached hydrogens (tertiary/aromatic N) is 3. The third-order valence-electron chi connectivity index (χ3n) is 5.62. The summed E-state index contributed by atoms with van der Waals surface area (Å²) in [7, 11) is 0. The highest BCUT2D eigenvalue weighted by Crippen LogP contribution is 2.26. The first-order chi connectivity index (χ1) is 12.2. The van der Waals surface area contributed by atoms with Crippen LogP contribution in [0.25, 0.3) is 0 Å². The second-order valence-corrected chi connectivity index (χ2v) is 7.50. The minimum absolute atomic E-state index is 0.0217. The minimum Gasteiger partial charge on any atom is -0.333 e. The second-order valence-electron chi connectivity index (χ2n) is 7.23. The standard InChI is InChI=1S/C20H24ClN3O/c1-14-11-22-19-8-7-18(13-23(14)19)24(20(25)10-21)12-15-5-6-16-3-2-4-17(16)9-15/h5-6,9,11,18H,2-4,7-8,10,12-13H2,1H3. The quantitative estimate of drug-likeness (QED) is 0.788. The average Bonchev–Trinajstić information content (AvgIpc) is 3.25. The van der Waals surface area contributed by atoms with Crippen LogP contribution >= 0.6 is 11.6 Å². The molecule has 0 spiro atoms. The topological polar surface area (TPSA) is 38.1 Å². The van der Waals surface area contributed by atoms with Crippen molar-refractivity contribution in [3.8, 4) is 0 Å². The molecule has 0 fully saturated rings. The molecule has 132 valence electrons. The molecular weight excluding hydrogens is 334 g/mol. The molecular formula is C20H24ClN3O. The average molecular weight is 358 g/mol. The number of hydrogen-bond acceptors (Lipinski definition) is 2. The van der Waals surface area contributed by atoms with Gasteiger partial charge in [-0.15, -0.1) is 11.6 Å². The van der Waals surface area contributed by atoms with Gasteiger partial charge in [0.15, 0.2) is 0 Å². The van der Waals surface area contributed by atoms with Gasteiger partial charge in [0.25, 0.3) is 0 Å². The van der Waals surface area contributed by atoms with Crippen LogP contribution in [0.3, 0.4) is 0 Å². The molecule has 1 aliphatic heterocycles. The Kier molecular flexibility index (Phi) is 4.55. The van der Waals surface area contributed by atoms with Gasteiger partial charge in [-0.3, -0.25) is 4.79 Å². The van der Waals surface area contributed by atoms with Crippen LogP contribution in [0.1, 0.15) is 41.1 Å². The lowest BCUT2D eigenvalue weighted by molar-refractivity contribution is -0.132. The van der Waals surface area contributed by atoms with Crippen LogP contribution in [0, 0.1) is 6.92 Å². The number of fused-ring (bicyclic) bond motifs is 2. The molecule has 2 aliphatic rings. The van der Waals surface area contributed by atoms with E-state index in [9.17, 15) is 4.79 Å². The van der Waals surface area contributed by atoms with Gasteiger partial charge in [-0.25, -0.2) is 4.98 Å². The number of aryl methyl sites for hydroxylation is 4. The molecule has 0 saturated heterocycles. The van der Waals surface area contributed by atoms with E-state index < -0.39 is 0 Å². The van der Waals surface area contributed by atoms with Gasteiger partial charge in [0.1, 0.15) is 11.7 Å². The highest BCUT2D eigenvalue weighted by molar-refractivity contribution is 6.27. The Morgan fingerprint density at radius 3 is 3.00 bits per heavy atom. The molecule has 2 heterocycles. The molecule has 1 unspecified atom stereocenters. The summed E-state index contributed by atoms with van der Waals surface area (Å²) >= 11 is 5.93. The summed E-state index contributed by atoms with van der Waals surface area (Å²) in [5.74, 6) is 1.19. The van der Waals surface area contributed by atoms with Crippen molar-refractivity contribution < 1.29 is 4.79 Å². The van der Waals surface area contributed by atoms with Crippen molar-refractivity contribution in [2.75, 3.05) is 5.88 Å². The maximum atomic E-state index is 12.6. The van der Waals surface area contributed by atoms with E-state index in [1.165, 1.54) is 29.5 Å². The van der Waals surface area contributed by atoms with Crippen LogP contribution < -0.4 is 0 Å². The van der Waals surface area contributed by atoms with Gasteiger partial charge in [-0.2, -0.15) is 0 Å². The lowest BCUT2D eigenvalue weighted by Crippen LogP contribution is -2.45. The SMILES string of the molecule is Cc1cnc2n1CC(N(Cc1ccc3c(c1)CCC3)C(=O)CCl)CC2. The zero-order chi connectivity index (χ0) is 17.4. The Hall–Kier alpha value is -1.81. The first kappa shape index (κ1) is 16.6. The molecule has 1 amide bonds. The van der Waals surface area contributed by atoms with Crippen molar-refractivity contribution in [1.82, 2.24) is 14.5 Å². The van der Waals surface area contributed by atoms with E-state index in [1.807, 2.05) is 11.1 Å². The fourth-order valence-electron chi connectivity index (χ4n) is 4.23. The molecule has 0 N–H and O–H groups in total. The Morgan fingerprint density at radius 2 is 2.16 bits per heavy atom. The van der Waals surface area contributed by atoms with E-state index in [-0.39, 0.29) is 17.8 Å². The fourth-order valence-corrected chi connectivity index (χ4v) is 4.38. The molecule has 1 aromatic carbocycles. The molecule has 25 heavy (non-hydrogen) atoms. The maximum absolute atomic E-state index is 12.6. The smallest absolute Gasteiger partial charge is 0.238 e. The maximum Gasteiger partial charge on any atom is 0.238 e. The van der Waals surface area contributed by atoms with Crippen LogP contribution in [-0.2, 0) is 37.1 Å². The number of carbonyl (C=O) groups is 1. The van der Waals surface area contributed by atoms with Crippen molar-refractivity contribution in [1.29, 1.82) is 0 Å². The summed E-state index contributed by atoms with van der Waals surface area (Å²) in [6.07, 6.45) is 7.37. The first-order valence-corrected chi connectivity index (χ1v) is 9.66. The first-order valence-electron chi connectivity index (χ1n) is 9.13. The van der Waals surface area contributed by atoms with Gasteiger partial charge in [0, 0.05) is 31.4 Å². The Bertz CT molecular complexity index is 798. The molecule has 0 saturated carbocycles. The number of halogens is 1. The molecule has 5 heteroatoms. The summed E-state index contributed by atoms with van der Waals surface area (Å²) < 4.78 is 2.24. The molecule has 4 nitrogen and oxygen atoms in total. The molecule has 2 aromatic rings. The zero-order valence-electron chi connectivity index (χ0n) is 14.7. The number of alkyl halides is 1.